The molecule has 0 bridgehead atoms. The Kier molecular flexibility index (Phi) is 7.20. The van der Waals surface area contributed by atoms with Crippen LogP contribution in [0, 0.1) is 11.8 Å². The Morgan fingerprint density at radius 2 is 1.56 bits per heavy atom. The standard InChI is InChI=1S/C27H32N2O5/c1-16(2)25(26(32)28-23(14-24(30)31)17-8-7-9-17)29-27(33)34-15-22-20-12-5-3-10-18(20)19-11-4-6-13-21(19)22/h3-6,10-13,16-17,22-23,25H,7-9,14-15H2,1-2H3,(H,28,32)(H,29,33)(H,30,31)/t23?,25-/m0/s1. The van der Waals surface area contributed by atoms with E-state index in [9.17, 15) is 19.5 Å². The van der Waals surface area contributed by atoms with E-state index in [1.165, 1.54) is 0 Å². The van der Waals surface area contributed by atoms with Crippen LogP contribution in [0.2, 0.25) is 0 Å². The van der Waals surface area contributed by atoms with E-state index in [1.807, 2.05) is 38.1 Å². The zero-order valence-corrected chi connectivity index (χ0v) is 19.6. The van der Waals surface area contributed by atoms with Crippen LogP contribution in [0.4, 0.5) is 4.79 Å². The number of benzene rings is 2. The molecule has 0 spiro atoms. The van der Waals surface area contributed by atoms with Crippen LogP contribution in [0.5, 0.6) is 0 Å². The maximum Gasteiger partial charge on any atom is 0.407 e. The van der Waals surface area contributed by atoms with Gasteiger partial charge in [0.2, 0.25) is 5.91 Å². The summed E-state index contributed by atoms with van der Waals surface area (Å²) in [5, 5.41) is 14.8. The highest BCUT2D eigenvalue weighted by Gasteiger charge is 2.34. The number of nitrogens with one attached hydrogen (secondary N) is 2. The molecule has 180 valence electrons. The maximum absolute atomic E-state index is 13.0. The molecule has 1 saturated carbocycles. The Morgan fingerprint density at radius 1 is 0.971 bits per heavy atom. The van der Waals surface area contributed by atoms with Gasteiger partial charge in [0.1, 0.15) is 12.6 Å². The number of carbonyl (C=O) groups is 3. The molecule has 1 fully saturated rings. The highest BCUT2D eigenvalue weighted by atomic mass is 16.5. The Bertz CT molecular complexity index is 1020. The van der Waals surface area contributed by atoms with E-state index in [0.717, 1.165) is 41.5 Å². The fourth-order valence-electron chi connectivity index (χ4n) is 4.94. The van der Waals surface area contributed by atoms with Gasteiger partial charge in [0, 0.05) is 12.0 Å². The molecule has 1 unspecified atom stereocenters. The molecule has 2 aromatic rings. The predicted molar refractivity (Wildman–Crippen MR) is 128 cm³/mol. The minimum atomic E-state index is -0.942. The average Bonchev–Trinajstić information content (AvgIpc) is 3.08. The second kappa shape index (κ2) is 10.3. The van der Waals surface area contributed by atoms with Crippen LogP contribution in [0.15, 0.2) is 48.5 Å². The summed E-state index contributed by atoms with van der Waals surface area (Å²) < 4.78 is 5.60. The van der Waals surface area contributed by atoms with Crippen LogP contribution in [-0.4, -0.2) is 41.8 Å². The van der Waals surface area contributed by atoms with Gasteiger partial charge in [-0.2, -0.15) is 0 Å². The summed E-state index contributed by atoms with van der Waals surface area (Å²) >= 11 is 0. The lowest BCUT2D eigenvalue weighted by atomic mass is 9.78. The van der Waals surface area contributed by atoms with Crippen LogP contribution in [0.25, 0.3) is 11.1 Å². The number of hydrogen-bond acceptors (Lipinski definition) is 4. The molecule has 2 aliphatic carbocycles. The summed E-state index contributed by atoms with van der Waals surface area (Å²) in [4.78, 5) is 36.9. The quantitative estimate of drug-likeness (QED) is 0.513. The smallest absolute Gasteiger partial charge is 0.407 e. The van der Waals surface area contributed by atoms with E-state index >= 15 is 0 Å². The molecular weight excluding hydrogens is 432 g/mol. The summed E-state index contributed by atoms with van der Waals surface area (Å²) in [6, 6.07) is 15.0. The number of hydrogen-bond donors (Lipinski definition) is 3. The second-order valence-electron chi connectivity index (χ2n) is 9.60. The number of aliphatic carboxylic acids is 1. The molecule has 2 aromatic carbocycles. The molecule has 4 rings (SSSR count). The summed E-state index contributed by atoms with van der Waals surface area (Å²) in [6.45, 7) is 3.84. The molecule has 34 heavy (non-hydrogen) atoms. The van der Waals surface area contributed by atoms with Crippen molar-refractivity contribution in [2.24, 2.45) is 11.8 Å². The molecule has 0 aliphatic heterocycles. The second-order valence-corrected chi connectivity index (χ2v) is 9.60. The molecule has 0 heterocycles. The largest absolute Gasteiger partial charge is 0.481 e. The fourth-order valence-corrected chi connectivity index (χ4v) is 4.94. The topological polar surface area (TPSA) is 105 Å². The number of ether oxygens (including phenoxy) is 1. The van der Waals surface area contributed by atoms with Crippen molar-refractivity contribution in [2.45, 2.75) is 57.5 Å². The number of rotatable bonds is 9. The molecule has 0 aromatic heterocycles. The first-order chi connectivity index (χ1) is 16.3. The number of carboxylic acids is 1. The number of alkyl carbamates (subject to hydrolysis) is 1. The van der Waals surface area contributed by atoms with Crippen molar-refractivity contribution in [1.29, 1.82) is 0 Å². The van der Waals surface area contributed by atoms with E-state index in [4.69, 9.17) is 4.74 Å². The van der Waals surface area contributed by atoms with Gasteiger partial charge in [-0.25, -0.2) is 4.79 Å². The van der Waals surface area contributed by atoms with Crippen LogP contribution in [0.1, 0.15) is 56.6 Å². The third-order valence-corrected chi connectivity index (χ3v) is 7.01. The molecule has 7 nitrogen and oxygen atoms in total. The SMILES string of the molecule is CC(C)[C@H](NC(=O)OCC1c2ccccc2-c2ccccc21)C(=O)NC(CC(=O)O)C1CCC1. The zero-order chi connectivity index (χ0) is 24.2. The number of carbonyl (C=O) groups excluding carboxylic acids is 2. The Labute approximate surface area is 199 Å². The fraction of sp³-hybridized carbons (Fsp3) is 0.444. The van der Waals surface area contributed by atoms with Gasteiger partial charge in [-0.1, -0.05) is 68.8 Å². The van der Waals surface area contributed by atoms with E-state index in [-0.39, 0.29) is 36.7 Å². The van der Waals surface area contributed by atoms with Crippen molar-refractivity contribution >= 4 is 18.0 Å². The van der Waals surface area contributed by atoms with E-state index in [1.54, 1.807) is 0 Å². The monoisotopic (exact) mass is 464 g/mol. The van der Waals surface area contributed by atoms with Crippen molar-refractivity contribution in [3.63, 3.8) is 0 Å². The Balaban J connectivity index is 1.39. The summed E-state index contributed by atoms with van der Waals surface area (Å²) in [7, 11) is 0. The highest BCUT2D eigenvalue weighted by molar-refractivity contribution is 5.86. The van der Waals surface area contributed by atoms with Gasteiger partial charge in [-0.3, -0.25) is 9.59 Å². The molecule has 3 N–H and O–H groups in total. The minimum absolute atomic E-state index is 0.0666. The molecule has 7 heteroatoms. The maximum atomic E-state index is 13.0. The van der Waals surface area contributed by atoms with Crippen LogP contribution < -0.4 is 10.6 Å². The summed E-state index contributed by atoms with van der Waals surface area (Å²) in [5.41, 5.74) is 4.53. The predicted octanol–water partition coefficient (Wildman–Crippen LogP) is 4.31. The molecule has 2 atom stereocenters. The zero-order valence-electron chi connectivity index (χ0n) is 19.6. The van der Waals surface area contributed by atoms with Crippen molar-refractivity contribution in [3.05, 3.63) is 59.7 Å². The van der Waals surface area contributed by atoms with Crippen LogP contribution in [0.3, 0.4) is 0 Å². The Hall–Kier alpha value is -3.35. The van der Waals surface area contributed by atoms with Crippen molar-refractivity contribution in [3.8, 4) is 11.1 Å². The lowest BCUT2D eigenvalue weighted by molar-refractivity contribution is -0.138. The van der Waals surface area contributed by atoms with Gasteiger partial charge in [0.25, 0.3) is 0 Å². The van der Waals surface area contributed by atoms with Crippen LogP contribution in [-0.2, 0) is 14.3 Å². The minimum Gasteiger partial charge on any atom is -0.481 e. The average molecular weight is 465 g/mol. The Morgan fingerprint density at radius 3 is 2.06 bits per heavy atom. The van der Waals surface area contributed by atoms with E-state index < -0.39 is 24.1 Å². The molecular formula is C27H32N2O5. The van der Waals surface area contributed by atoms with Crippen molar-refractivity contribution < 1.29 is 24.2 Å². The lowest BCUT2D eigenvalue weighted by Gasteiger charge is -2.34. The van der Waals surface area contributed by atoms with Crippen molar-refractivity contribution in [1.82, 2.24) is 10.6 Å². The molecule has 0 radical (unpaired) electrons. The van der Waals surface area contributed by atoms with Gasteiger partial charge < -0.3 is 20.5 Å². The van der Waals surface area contributed by atoms with Crippen LogP contribution >= 0.6 is 0 Å². The molecule has 0 saturated heterocycles. The molecule has 2 aliphatic rings. The normalized spacial score (nSPS) is 16.7. The van der Waals surface area contributed by atoms with E-state index in [2.05, 4.69) is 34.9 Å². The lowest BCUT2D eigenvalue weighted by Crippen LogP contribution is -2.54. The number of fused-ring (bicyclic) bond motifs is 3. The first-order valence-electron chi connectivity index (χ1n) is 12.0. The third-order valence-electron chi connectivity index (χ3n) is 7.01. The molecule has 2 amide bonds. The van der Waals surface area contributed by atoms with Gasteiger partial charge in [0.05, 0.1) is 6.42 Å². The summed E-state index contributed by atoms with van der Waals surface area (Å²) in [5.74, 6) is -1.40. The van der Waals surface area contributed by atoms with Gasteiger partial charge in [-0.15, -0.1) is 0 Å². The van der Waals surface area contributed by atoms with Crippen molar-refractivity contribution in [2.75, 3.05) is 6.61 Å². The first-order valence-corrected chi connectivity index (χ1v) is 12.0. The van der Waals surface area contributed by atoms with Gasteiger partial charge in [0.15, 0.2) is 0 Å². The summed E-state index contributed by atoms with van der Waals surface area (Å²) in [6.07, 6.45) is 2.08. The van der Waals surface area contributed by atoms with E-state index in [0.29, 0.717) is 0 Å². The first kappa shape index (κ1) is 23.8. The highest BCUT2D eigenvalue weighted by Crippen LogP contribution is 2.44. The third kappa shape index (κ3) is 5.08. The number of amides is 2. The van der Waals surface area contributed by atoms with Gasteiger partial charge in [-0.05, 0) is 46.9 Å². The number of carboxylic acid groups (broad SMARTS) is 1. The van der Waals surface area contributed by atoms with Gasteiger partial charge >= 0.3 is 12.1 Å².